The van der Waals surface area contributed by atoms with Crippen molar-refractivity contribution in [3.63, 3.8) is 0 Å². The first kappa shape index (κ1) is 15.2. The topological polar surface area (TPSA) is 50.4 Å². The molecule has 0 fully saturated rings. The summed E-state index contributed by atoms with van der Waals surface area (Å²) in [5, 5.41) is 6.15. The zero-order valence-corrected chi connectivity index (χ0v) is 10.8. The van der Waals surface area contributed by atoms with Crippen LogP contribution in [0.25, 0.3) is 0 Å². The second-order valence-corrected chi connectivity index (χ2v) is 3.88. The van der Waals surface area contributed by atoms with Crippen molar-refractivity contribution in [1.82, 2.24) is 10.6 Å². The maximum Gasteiger partial charge on any atom is 0.407 e. The number of alkyl carbamates (subject to hydrolysis) is 1. The van der Waals surface area contributed by atoms with E-state index >= 15 is 0 Å². The molecule has 4 heteroatoms. The number of rotatable bonds is 9. The van der Waals surface area contributed by atoms with Crippen LogP contribution in [0.15, 0.2) is 0 Å². The van der Waals surface area contributed by atoms with E-state index in [2.05, 4.69) is 24.5 Å². The van der Waals surface area contributed by atoms with Gasteiger partial charge in [-0.2, -0.15) is 0 Å². The molecule has 2 N–H and O–H groups in total. The molecule has 0 aliphatic rings. The number of ether oxygens (including phenoxy) is 1. The summed E-state index contributed by atoms with van der Waals surface area (Å²) in [5.74, 6) is 0. The normalized spacial score (nSPS) is 10.5. The second kappa shape index (κ2) is 10.7. The summed E-state index contributed by atoms with van der Waals surface area (Å²) in [6.07, 6.45) is 4.47. The molecule has 1 amide bonds. The maximum atomic E-state index is 11.0. The summed E-state index contributed by atoms with van der Waals surface area (Å²) in [5.41, 5.74) is 0. The summed E-state index contributed by atoms with van der Waals surface area (Å²) in [7, 11) is 0. The second-order valence-electron chi connectivity index (χ2n) is 3.88. The van der Waals surface area contributed by atoms with Crippen molar-refractivity contribution in [1.29, 1.82) is 0 Å². The molecule has 0 spiro atoms. The van der Waals surface area contributed by atoms with Gasteiger partial charge in [-0.25, -0.2) is 4.79 Å². The third kappa shape index (κ3) is 8.53. The minimum absolute atomic E-state index is 0.327. The lowest BCUT2D eigenvalue weighted by atomic mass is 10.1. The Hall–Kier alpha value is -0.770. The van der Waals surface area contributed by atoms with Crippen LogP contribution in [0.5, 0.6) is 0 Å². The van der Waals surface area contributed by atoms with E-state index in [1.165, 1.54) is 25.7 Å². The number of hydrogen-bond acceptors (Lipinski definition) is 3. The third-order valence-corrected chi connectivity index (χ3v) is 2.38. The fraction of sp³-hybridized carbons (Fsp3) is 0.917. The monoisotopic (exact) mass is 230 g/mol. The van der Waals surface area contributed by atoms with E-state index in [4.69, 9.17) is 4.74 Å². The molecule has 96 valence electrons. The highest BCUT2D eigenvalue weighted by Gasteiger charge is 2.05. The van der Waals surface area contributed by atoms with Crippen molar-refractivity contribution >= 4 is 6.09 Å². The van der Waals surface area contributed by atoms with Gasteiger partial charge >= 0.3 is 6.09 Å². The van der Waals surface area contributed by atoms with Gasteiger partial charge in [0.2, 0.25) is 0 Å². The number of nitrogens with one attached hydrogen (secondary N) is 2. The highest BCUT2D eigenvalue weighted by molar-refractivity contribution is 5.66. The number of carbonyl (C=O) groups is 1. The summed E-state index contributed by atoms with van der Waals surface area (Å²) < 4.78 is 4.77. The van der Waals surface area contributed by atoms with Crippen molar-refractivity contribution < 1.29 is 9.53 Å². The van der Waals surface area contributed by atoms with Crippen LogP contribution in [0.3, 0.4) is 0 Å². The highest BCUT2D eigenvalue weighted by atomic mass is 16.5. The Labute approximate surface area is 99.1 Å². The number of hydrogen-bond donors (Lipinski definition) is 2. The van der Waals surface area contributed by atoms with Crippen molar-refractivity contribution in [3.05, 3.63) is 0 Å². The molecule has 0 aromatic heterocycles. The SMILES string of the molecule is CCCC(CCC)NCCNC(=O)OCC. The molecule has 0 rings (SSSR count). The first-order chi connectivity index (χ1) is 7.74. The highest BCUT2D eigenvalue weighted by Crippen LogP contribution is 2.03. The summed E-state index contributed by atoms with van der Waals surface area (Å²) in [4.78, 5) is 11.0. The third-order valence-electron chi connectivity index (χ3n) is 2.38. The molecule has 0 atom stereocenters. The average molecular weight is 230 g/mol. The number of carbonyl (C=O) groups excluding carboxylic acids is 1. The van der Waals surface area contributed by atoms with Gasteiger partial charge in [0.05, 0.1) is 6.61 Å². The lowest BCUT2D eigenvalue weighted by Gasteiger charge is -2.17. The van der Waals surface area contributed by atoms with Gasteiger partial charge in [-0.05, 0) is 19.8 Å². The van der Waals surface area contributed by atoms with Crippen LogP contribution >= 0.6 is 0 Å². The van der Waals surface area contributed by atoms with E-state index < -0.39 is 0 Å². The van der Waals surface area contributed by atoms with Crippen LogP contribution in [0.1, 0.15) is 46.5 Å². The molecular weight excluding hydrogens is 204 g/mol. The Bertz CT molecular complexity index is 168. The smallest absolute Gasteiger partial charge is 0.407 e. The lowest BCUT2D eigenvalue weighted by Crippen LogP contribution is -2.37. The van der Waals surface area contributed by atoms with Gasteiger partial charge < -0.3 is 15.4 Å². The molecule has 0 bridgehead atoms. The number of amides is 1. The van der Waals surface area contributed by atoms with Crippen LogP contribution in [0, 0.1) is 0 Å². The molecule has 0 saturated carbocycles. The van der Waals surface area contributed by atoms with Gasteiger partial charge in [-0.15, -0.1) is 0 Å². The van der Waals surface area contributed by atoms with Crippen LogP contribution in [0.2, 0.25) is 0 Å². The first-order valence-corrected chi connectivity index (χ1v) is 6.38. The van der Waals surface area contributed by atoms with Crippen LogP contribution in [0.4, 0.5) is 4.79 Å². The largest absolute Gasteiger partial charge is 0.450 e. The van der Waals surface area contributed by atoms with Gasteiger partial charge in [0.15, 0.2) is 0 Å². The summed E-state index contributed by atoms with van der Waals surface area (Å²) in [6, 6.07) is 0.582. The molecular formula is C12H26N2O2. The molecule has 4 nitrogen and oxygen atoms in total. The van der Waals surface area contributed by atoms with Gasteiger partial charge in [0, 0.05) is 19.1 Å². The van der Waals surface area contributed by atoms with Crippen LogP contribution in [-0.4, -0.2) is 31.8 Å². The molecule has 0 aromatic rings. The zero-order valence-electron chi connectivity index (χ0n) is 10.8. The Morgan fingerprint density at radius 2 is 1.75 bits per heavy atom. The molecule has 0 aliphatic heterocycles. The molecule has 0 saturated heterocycles. The lowest BCUT2D eigenvalue weighted by molar-refractivity contribution is 0.152. The fourth-order valence-corrected chi connectivity index (χ4v) is 1.67. The van der Waals surface area contributed by atoms with E-state index in [0.717, 1.165) is 6.54 Å². The zero-order chi connectivity index (χ0) is 12.2. The molecule has 0 heterocycles. The van der Waals surface area contributed by atoms with Gasteiger partial charge in [-0.3, -0.25) is 0 Å². The van der Waals surface area contributed by atoms with Crippen molar-refractivity contribution in [2.45, 2.75) is 52.5 Å². The van der Waals surface area contributed by atoms with Crippen LogP contribution < -0.4 is 10.6 Å². The first-order valence-electron chi connectivity index (χ1n) is 6.38. The molecule has 16 heavy (non-hydrogen) atoms. The fourth-order valence-electron chi connectivity index (χ4n) is 1.67. The average Bonchev–Trinajstić information content (AvgIpc) is 2.25. The minimum Gasteiger partial charge on any atom is -0.450 e. The summed E-state index contributed by atoms with van der Waals surface area (Å²) in [6.45, 7) is 8.05. The van der Waals surface area contributed by atoms with E-state index in [0.29, 0.717) is 19.2 Å². The Morgan fingerprint density at radius 1 is 1.12 bits per heavy atom. The minimum atomic E-state index is -0.327. The predicted molar refractivity (Wildman–Crippen MR) is 66.6 cm³/mol. The van der Waals surface area contributed by atoms with E-state index in [1.54, 1.807) is 6.92 Å². The van der Waals surface area contributed by atoms with Gasteiger partial charge in [0.1, 0.15) is 0 Å². The van der Waals surface area contributed by atoms with Gasteiger partial charge in [-0.1, -0.05) is 26.7 Å². The Morgan fingerprint density at radius 3 is 2.25 bits per heavy atom. The van der Waals surface area contributed by atoms with Crippen molar-refractivity contribution in [3.8, 4) is 0 Å². The van der Waals surface area contributed by atoms with Crippen LogP contribution in [-0.2, 0) is 4.74 Å². The van der Waals surface area contributed by atoms with E-state index in [1.807, 2.05) is 0 Å². The Kier molecular flexibility index (Phi) is 10.2. The molecule has 0 aliphatic carbocycles. The van der Waals surface area contributed by atoms with Crippen molar-refractivity contribution in [2.24, 2.45) is 0 Å². The predicted octanol–water partition coefficient (Wildman–Crippen LogP) is 2.29. The van der Waals surface area contributed by atoms with Crippen molar-refractivity contribution in [2.75, 3.05) is 19.7 Å². The molecule has 0 radical (unpaired) electrons. The van der Waals surface area contributed by atoms with Gasteiger partial charge in [0.25, 0.3) is 0 Å². The Balaban J connectivity index is 3.49. The molecule has 0 unspecified atom stereocenters. The molecule has 0 aromatic carbocycles. The summed E-state index contributed by atoms with van der Waals surface area (Å²) >= 11 is 0. The maximum absolute atomic E-state index is 11.0. The quantitative estimate of drug-likeness (QED) is 0.597. The van der Waals surface area contributed by atoms with E-state index in [9.17, 15) is 4.79 Å². The van der Waals surface area contributed by atoms with E-state index in [-0.39, 0.29) is 6.09 Å². The standard InChI is InChI=1S/C12H26N2O2/c1-4-7-11(8-5-2)13-9-10-14-12(15)16-6-3/h11,13H,4-10H2,1-3H3,(H,14,15).